The highest BCUT2D eigenvalue weighted by molar-refractivity contribution is 5.86. The third-order valence-corrected chi connectivity index (χ3v) is 2.75. The van der Waals surface area contributed by atoms with E-state index in [1.807, 2.05) is 0 Å². The molecule has 0 fully saturated rings. The van der Waals surface area contributed by atoms with Crippen molar-refractivity contribution in [2.75, 3.05) is 0 Å². The molecule has 6 N–H and O–H groups in total. The first-order chi connectivity index (χ1) is 9.65. The maximum Gasteiger partial charge on any atom is 0.326 e. The number of hydrogen-bond acceptors (Lipinski definition) is 5. The van der Waals surface area contributed by atoms with Crippen molar-refractivity contribution in [3.05, 3.63) is 0 Å². The fourth-order valence-corrected chi connectivity index (χ4v) is 1.56. The van der Waals surface area contributed by atoms with Crippen LogP contribution in [0.1, 0.15) is 33.1 Å². The molecule has 0 aliphatic heterocycles. The monoisotopic (exact) mass is 303 g/mol. The molecular formula is C12H21N3O6. The molecule has 0 aliphatic carbocycles. The van der Waals surface area contributed by atoms with E-state index in [1.165, 1.54) is 13.8 Å². The van der Waals surface area contributed by atoms with E-state index < -0.39 is 41.9 Å². The summed E-state index contributed by atoms with van der Waals surface area (Å²) < 4.78 is 0. The Bertz CT molecular complexity index is 412. The summed E-state index contributed by atoms with van der Waals surface area (Å²) in [7, 11) is 0. The first-order valence-corrected chi connectivity index (χ1v) is 6.43. The van der Waals surface area contributed by atoms with Gasteiger partial charge >= 0.3 is 11.9 Å². The van der Waals surface area contributed by atoms with E-state index in [0.29, 0.717) is 6.42 Å². The van der Waals surface area contributed by atoms with E-state index in [0.717, 1.165) is 0 Å². The second-order valence-electron chi connectivity index (χ2n) is 4.70. The van der Waals surface area contributed by atoms with Crippen LogP contribution in [0.2, 0.25) is 0 Å². The van der Waals surface area contributed by atoms with Crippen molar-refractivity contribution in [3.8, 4) is 0 Å². The smallest absolute Gasteiger partial charge is 0.326 e. The van der Waals surface area contributed by atoms with Gasteiger partial charge in [-0.05, 0) is 26.2 Å². The van der Waals surface area contributed by atoms with Gasteiger partial charge in [0, 0.05) is 6.92 Å². The van der Waals surface area contributed by atoms with Gasteiger partial charge in [-0.25, -0.2) is 4.79 Å². The standard InChI is InChI=1S/C12H21N3O6/c1-6(11(18)19)14-10(17)8(13)4-3-5-9(12(20)21)15-7(2)16/h6,8-9H,3-5,13H2,1-2H3,(H,14,17)(H,15,16)(H,18,19)(H,20,21)/t6-,8+,9-/m1/s1. The van der Waals surface area contributed by atoms with Crippen LogP contribution in [0.3, 0.4) is 0 Å². The summed E-state index contributed by atoms with van der Waals surface area (Å²) >= 11 is 0. The molecule has 0 bridgehead atoms. The summed E-state index contributed by atoms with van der Waals surface area (Å²) in [4.78, 5) is 43.8. The third kappa shape index (κ3) is 7.88. The van der Waals surface area contributed by atoms with Gasteiger partial charge in [0.25, 0.3) is 0 Å². The average Bonchev–Trinajstić information content (AvgIpc) is 2.36. The van der Waals surface area contributed by atoms with E-state index in [4.69, 9.17) is 15.9 Å². The first-order valence-electron chi connectivity index (χ1n) is 6.43. The number of hydrogen-bond donors (Lipinski definition) is 5. The van der Waals surface area contributed by atoms with Gasteiger partial charge in [-0.15, -0.1) is 0 Å². The lowest BCUT2D eigenvalue weighted by Crippen LogP contribution is -2.47. The number of amides is 2. The average molecular weight is 303 g/mol. The largest absolute Gasteiger partial charge is 0.480 e. The molecule has 2 amide bonds. The predicted octanol–water partition coefficient (Wildman–Crippen LogP) is -1.34. The maximum atomic E-state index is 11.6. The van der Waals surface area contributed by atoms with Crippen LogP contribution >= 0.6 is 0 Å². The molecule has 0 spiro atoms. The van der Waals surface area contributed by atoms with Crippen LogP contribution in [0.15, 0.2) is 0 Å². The van der Waals surface area contributed by atoms with Crippen LogP contribution in [-0.2, 0) is 19.2 Å². The Hall–Kier alpha value is -2.16. The van der Waals surface area contributed by atoms with Crippen LogP contribution in [0.25, 0.3) is 0 Å². The summed E-state index contributed by atoms with van der Waals surface area (Å²) in [5.41, 5.74) is 5.59. The lowest BCUT2D eigenvalue weighted by molar-refractivity contribution is -0.142. The third-order valence-electron chi connectivity index (χ3n) is 2.75. The number of aliphatic carboxylic acids is 2. The highest BCUT2D eigenvalue weighted by Gasteiger charge is 2.21. The lowest BCUT2D eigenvalue weighted by Gasteiger charge is -2.16. The molecule has 9 heteroatoms. The zero-order valence-corrected chi connectivity index (χ0v) is 12.0. The molecule has 0 aromatic rings. The molecule has 0 heterocycles. The van der Waals surface area contributed by atoms with E-state index in [-0.39, 0.29) is 12.8 Å². The Labute approximate surface area is 121 Å². The second kappa shape index (κ2) is 8.90. The summed E-state index contributed by atoms with van der Waals surface area (Å²) in [5.74, 6) is -3.41. The van der Waals surface area contributed by atoms with Gasteiger partial charge in [0.1, 0.15) is 12.1 Å². The summed E-state index contributed by atoms with van der Waals surface area (Å²) in [6, 6.07) is -3.01. The number of carbonyl (C=O) groups is 4. The molecule has 0 saturated carbocycles. The topological polar surface area (TPSA) is 159 Å². The highest BCUT2D eigenvalue weighted by atomic mass is 16.4. The Morgan fingerprint density at radius 1 is 1.05 bits per heavy atom. The van der Waals surface area contributed by atoms with Crippen molar-refractivity contribution in [3.63, 3.8) is 0 Å². The van der Waals surface area contributed by atoms with E-state index in [1.54, 1.807) is 0 Å². The van der Waals surface area contributed by atoms with Crippen LogP contribution in [0.5, 0.6) is 0 Å². The Morgan fingerprint density at radius 3 is 2.05 bits per heavy atom. The SMILES string of the molecule is CC(=O)N[C@H](CCC[C@H](N)C(=O)N[C@H](C)C(=O)O)C(=O)O. The van der Waals surface area contributed by atoms with Crippen molar-refractivity contribution >= 4 is 23.8 Å². The van der Waals surface area contributed by atoms with Gasteiger partial charge in [0.2, 0.25) is 11.8 Å². The lowest BCUT2D eigenvalue weighted by atomic mass is 10.0. The number of nitrogens with one attached hydrogen (secondary N) is 2. The molecule has 0 rings (SSSR count). The zero-order chi connectivity index (χ0) is 16.6. The van der Waals surface area contributed by atoms with Crippen LogP contribution in [-0.4, -0.2) is 52.1 Å². The number of nitrogens with two attached hydrogens (primary N) is 1. The number of carboxylic acids is 2. The van der Waals surface area contributed by atoms with Crippen molar-refractivity contribution in [1.82, 2.24) is 10.6 Å². The Balaban J connectivity index is 4.19. The van der Waals surface area contributed by atoms with Gasteiger partial charge < -0.3 is 26.6 Å². The van der Waals surface area contributed by atoms with E-state index >= 15 is 0 Å². The molecule has 0 aromatic heterocycles. The maximum absolute atomic E-state index is 11.6. The normalized spacial score (nSPS) is 14.6. The fourth-order valence-electron chi connectivity index (χ4n) is 1.56. The van der Waals surface area contributed by atoms with Gasteiger partial charge in [-0.2, -0.15) is 0 Å². The van der Waals surface area contributed by atoms with Gasteiger partial charge in [0.05, 0.1) is 6.04 Å². The summed E-state index contributed by atoms with van der Waals surface area (Å²) in [5, 5.41) is 22.0. The molecule has 0 aromatic carbocycles. The summed E-state index contributed by atoms with van der Waals surface area (Å²) in [6.45, 7) is 2.52. The van der Waals surface area contributed by atoms with Crippen LogP contribution in [0, 0.1) is 0 Å². The number of carboxylic acid groups (broad SMARTS) is 2. The van der Waals surface area contributed by atoms with Crippen molar-refractivity contribution in [2.45, 2.75) is 51.2 Å². The van der Waals surface area contributed by atoms with Gasteiger partial charge in [-0.1, -0.05) is 0 Å². The first kappa shape index (κ1) is 18.8. The molecule has 0 radical (unpaired) electrons. The van der Waals surface area contributed by atoms with E-state index in [2.05, 4.69) is 10.6 Å². The quantitative estimate of drug-likeness (QED) is 0.352. The molecule has 3 atom stereocenters. The molecule has 0 aliphatic rings. The van der Waals surface area contributed by atoms with E-state index in [9.17, 15) is 19.2 Å². The molecule has 9 nitrogen and oxygen atoms in total. The van der Waals surface area contributed by atoms with Crippen molar-refractivity contribution in [2.24, 2.45) is 5.73 Å². The van der Waals surface area contributed by atoms with Crippen molar-refractivity contribution in [1.29, 1.82) is 0 Å². The molecule has 0 saturated heterocycles. The van der Waals surface area contributed by atoms with Crippen LogP contribution in [0.4, 0.5) is 0 Å². The number of rotatable bonds is 9. The van der Waals surface area contributed by atoms with Gasteiger partial charge in [0.15, 0.2) is 0 Å². The highest BCUT2D eigenvalue weighted by Crippen LogP contribution is 2.04. The Kier molecular flexibility index (Phi) is 7.99. The van der Waals surface area contributed by atoms with Gasteiger partial charge in [-0.3, -0.25) is 14.4 Å². The summed E-state index contributed by atoms with van der Waals surface area (Å²) in [6.07, 6.45) is 0.610. The predicted molar refractivity (Wildman–Crippen MR) is 72.3 cm³/mol. The second-order valence-corrected chi connectivity index (χ2v) is 4.70. The minimum atomic E-state index is -1.17. The zero-order valence-electron chi connectivity index (χ0n) is 12.0. The Morgan fingerprint density at radius 2 is 1.62 bits per heavy atom. The molecule has 21 heavy (non-hydrogen) atoms. The number of carbonyl (C=O) groups excluding carboxylic acids is 2. The molecular weight excluding hydrogens is 282 g/mol. The van der Waals surface area contributed by atoms with Crippen molar-refractivity contribution < 1.29 is 29.4 Å². The molecule has 120 valence electrons. The minimum absolute atomic E-state index is 0.129. The fraction of sp³-hybridized carbons (Fsp3) is 0.667. The molecule has 0 unspecified atom stereocenters. The van der Waals surface area contributed by atoms with Crippen LogP contribution < -0.4 is 16.4 Å². The minimum Gasteiger partial charge on any atom is -0.480 e.